The molecular weight excluding hydrogens is 176 g/mol. The van der Waals surface area contributed by atoms with E-state index in [1.807, 2.05) is 18.2 Å². The maximum absolute atomic E-state index is 8.92. The maximum atomic E-state index is 8.92. The third kappa shape index (κ3) is 2.39. The van der Waals surface area contributed by atoms with E-state index in [0.717, 1.165) is 17.9 Å². The van der Waals surface area contributed by atoms with Crippen LogP contribution in [0.4, 0.5) is 11.4 Å². The topological polar surface area (TPSA) is 49.5 Å². The summed E-state index contributed by atoms with van der Waals surface area (Å²) in [7, 11) is 0. The van der Waals surface area contributed by atoms with Gasteiger partial charge in [0.25, 0.3) is 0 Å². The lowest BCUT2D eigenvalue weighted by Crippen LogP contribution is -2.26. The molecule has 0 radical (unpaired) electrons. The first kappa shape index (κ1) is 10.9. The fourth-order valence-corrected chi connectivity index (χ4v) is 1.54. The van der Waals surface area contributed by atoms with Crippen LogP contribution in [-0.2, 0) is 0 Å². The highest BCUT2D eigenvalue weighted by atomic mass is 16.3. The lowest BCUT2D eigenvalue weighted by Gasteiger charge is -2.24. The van der Waals surface area contributed by atoms with E-state index in [2.05, 4.69) is 18.7 Å². The number of nitrogen functional groups attached to an aromatic ring is 1. The number of nitrogens with zero attached hydrogens (tertiary/aromatic N) is 1. The van der Waals surface area contributed by atoms with Crippen LogP contribution < -0.4 is 10.6 Å². The number of rotatable bonds is 4. The molecule has 78 valence electrons. The summed E-state index contributed by atoms with van der Waals surface area (Å²) in [6.07, 6.45) is 0. The minimum Gasteiger partial charge on any atom is -0.399 e. The van der Waals surface area contributed by atoms with E-state index >= 15 is 0 Å². The number of hydrogen-bond acceptors (Lipinski definition) is 3. The molecule has 0 aliphatic carbocycles. The van der Waals surface area contributed by atoms with Gasteiger partial charge in [-0.2, -0.15) is 0 Å². The lowest BCUT2D eigenvalue weighted by molar-refractivity contribution is 0.302. The van der Waals surface area contributed by atoms with Gasteiger partial charge in [-0.1, -0.05) is 6.07 Å². The maximum Gasteiger partial charge on any atom is 0.0606 e. The van der Waals surface area contributed by atoms with Gasteiger partial charge in [-0.3, -0.25) is 0 Å². The van der Waals surface area contributed by atoms with Crippen LogP contribution in [0, 0.1) is 6.92 Å². The Morgan fingerprint density at radius 3 is 2.71 bits per heavy atom. The van der Waals surface area contributed by atoms with Crippen molar-refractivity contribution in [3.05, 3.63) is 23.8 Å². The van der Waals surface area contributed by atoms with E-state index in [1.54, 1.807) is 0 Å². The Kier molecular flexibility index (Phi) is 3.77. The van der Waals surface area contributed by atoms with Crippen molar-refractivity contribution >= 4 is 11.4 Å². The minimum absolute atomic E-state index is 0.169. The van der Waals surface area contributed by atoms with Gasteiger partial charge in [-0.05, 0) is 31.5 Å². The standard InChI is InChI=1S/C11H18N2O/c1-3-13(6-7-14)11-8-10(12)5-4-9(11)2/h4-5,8,14H,3,6-7,12H2,1-2H3. The normalized spacial score (nSPS) is 10.2. The first-order chi connectivity index (χ1) is 6.69. The van der Waals surface area contributed by atoms with Gasteiger partial charge in [-0.15, -0.1) is 0 Å². The lowest BCUT2D eigenvalue weighted by atomic mass is 10.1. The minimum atomic E-state index is 0.169. The zero-order chi connectivity index (χ0) is 10.6. The number of aliphatic hydroxyl groups is 1. The molecule has 0 spiro atoms. The largest absolute Gasteiger partial charge is 0.399 e. The quantitative estimate of drug-likeness (QED) is 0.712. The van der Waals surface area contributed by atoms with Crippen LogP contribution in [0.3, 0.4) is 0 Å². The van der Waals surface area contributed by atoms with Crippen molar-refractivity contribution in [1.82, 2.24) is 0 Å². The molecule has 0 unspecified atom stereocenters. The van der Waals surface area contributed by atoms with Gasteiger partial charge in [0.2, 0.25) is 0 Å². The zero-order valence-electron chi connectivity index (χ0n) is 8.83. The van der Waals surface area contributed by atoms with Crippen molar-refractivity contribution in [1.29, 1.82) is 0 Å². The van der Waals surface area contributed by atoms with Crippen LogP contribution in [0.15, 0.2) is 18.2 Å². The molecular formula is C11H18N2O. The number of anilines is 2. The molecule has 1 aromatic rings. The highest BCUT2D eigenvalue weighted by molar-refractivity contribution is 5.60. The molecule has 14 heavy (non-hydrogen) atoms. The average Bonchev–Trinajstić information content (AvgIpc) is 2.18. The highest BCUT2D eigenvalue weighted by Gasteiger charge is 2.06. The predicted molar refractivity (Wildman–Crippen MR) is 60.6 cm³/mol. The number of aliphatic hydroxyl groups excluding tert-OH is 1. The van der Waals surface area contributed by atoms with Gasteiger partial charge < -0.3 is 15.7 Å². The summed E-state index contributed by atoms with van der Waals surface area (Å²) in [6.45, 7) is 5.82. The number of likely N-dealkylation sites (N-methyl/N-ethyl adjacent to an activating group) is 1. The summed E-state index contributed by atoms with van der Waals surface area (Å²) < 4.78 is 0. The van der Waals surface area contributed by atoms with Crippen molar-refractivity contribution in [3.8, 4) is 0 Å². The van der Waals surface area contributed by atoms with Gasteiger partial charge in [0.1, 0.15) is 0 Å². The fraction of sp³-hybridized carbons (Fsp3) is 0.455. The number of benzene rings is 1. The summed E-state index contributed by atoms with van der Waals surface area (Å²) in [5.74, 6) is 0. The van der Waals surface area contributed by atoms with Crippen LogP contribution in [0.2, 0.25) is 0 Å². The van der Waals surface area contributed by atoms with Crippen LogP contribution >= 0.6 is 0 Å². The Morgan fingerprint density at radius 1 is 1.43 bits per heavy atom. The van der Waals surface area contributed by atoms with Gasteiger partial charge in [-0.25, -0.2) is 0 Å². The smallest absolute Gasteiger partial charge is 0.0606 e. The third-order valence-corrected chi connectivity index (χ3v) is 2.33. The van der Waals surface area contributed by atoms with E-state index in [-0.39, 0.29) is 6.61 Å². The van der Waals surface area contributed by atoms with Crippen molar-refractivity contribution in [2.75, 3.05) is 30.3 Å². The second kappa shape index (κ2) is 4.86. The van der Waals surface area contributed by atoms with Gasteiger partial charge in [0.05, 0.1) is 6.61 Å². The monoisotopic (exact) mass is 194 g/mol. The molecule has 0 saturated heterocycles. The molecule has 1 rings (SSSR count). The fourth-order valence-electron chi connectivity index (χ4n) is 1.54. The van der Waals surface area contributed by atoms with Crippen LogP contribution in [-0.4, -0.2) is 24.8 Å². The molecule has 3 heteroatoms. The van der Waals surface area contributed by atoms with Gasteiger partial charge >= 0.3 is 0 Å². The van der Waals surface area contributed by atoms with Crippen LogP contribution in [0.25, 0.3) is 0 Å². The van der Waals surface area contributed by atoms with Gasteiger partial charge in [0.15, 0.2) is 0 Å². The van der Waals surface area contributed by atoms with E-state index in [0.29, 0.717) is 6.54 Å². The number of aryl methyl sites for hydroxylation is 1. The molecule has 0 atom stereocenters. The molecule has 0 bridgehead atoms. The number of hydrogen-bond donors (Lipinski definition) is 2. The second-order valence-corrected chi connectivity index (χ2v) is 3.35. The highest BCUT2D eigenvalue weighted by Crippen LogP contribution is 2.22. The van der Waals surface area contributed by atoms with Crippen molar-refractivity contribution < 1.29 is 5.11 Å². The molecule has 0 saturated carbocycles. The third-order valence-electron chi connectivity index (χ3n) is 2.33. The average molecular weight is 194 g/mol. The molecule has 1 aromatic carbocycles. The Morgan fingerprint density at radius 2 is 2.14 bits per heavy atom. The summed E-state index contributed by atoms with van der Waals surface area (Å²) in [5.41, 5.74) is 8.79. The first-order valence-electron chi connectivity index (χ1n) is 4.91. The Balaban J connectivity index is 2.96. The predicted octanol–water partition coefficient (Wildman–Crippen LogP) is 1.40. The molecule has 3 nitrogen and oxygen atoms in total. The SMILES string of the molecule is CCN(CCO)c1cc(N)ccc1C. The molecule has 0 aliphatic heterocycles. The zero-order valence-corrected chi connectivity index (χ0v) is 8.83. The Hall–Kier alpha value is -1.22. The Labute approximate surface area is 85.2 Å². The van der Waals surface area contributed by atoms with E-state index in [9.17, 15) is 0 Å². The van der Waals surface area contributed by atoms with E-state index < -0.39 is 0 Å². The van der Waals surface area contributed by atoms with Crippen LogP contribution in [0.5, 0.6) is 0 Å². The van der Waals surface area contributed by atoms with Crippen molar-refractivity contribution in [2.24, 2.45) is 0 Å². The van der Waals surface area contributed by atoms with E-state index in [4.69, 9.17) is 10.8 Å². The van der Waals surface area contributed by atoms with Gasteiger partial charge in [0, 0.05) is 24.5 Å². The molecule has 0 fully saturated rings. The number of nitrogens with two attached hydrogens (primary N) is 1. The van der Waals surface area contributed by atoms with Crippen molar-refractivity contribution in [3.63, 3.8) is 0 Å². The molecule has 0 aromatic heterocycles. The van der Waals surface area contributed by atoms with Crippen LogP contribution in [0.1, 0.15) is 12.5 Å². The molecule has 0 aliphatic rings. The molecule has 0 amide bonds. The summed E-state index contributed by atoms with van der Waals surface area (Å²) in [4.78, 5) is 2.12. The first-order valence-corrected chi connectivity index (χ1v) is 4.91. The summed E-state index contributed by atoms with van der Waals surface area (Å²) in [5, 5.41) is 8.92. The van der Waals surface area contributed by atoms with Crippen molar-refractivity contribution in [2.45, 2.75) is 13.8 Å². The molecule has 0 heterocycles. The summed E-state index contributed by atoms with van der Waals surface area (Å²) >= 11 is 0. The summed E-state index contributed by atoms with van der Waals surface area (Å²) in [6, 6.07) is 5.85. The van der Waals surface area contributed by atoms with E-state index in [1.165, 1.54) is 5.56 Å². The Bertz CT molecular complexity index is 299. The second-order valence-electron chi connectivity index (χ2n) is 3.35. The molecule has 3 N–H and O–H groups in total.